The zero-order valence-electron chi connectivity index (χ0n) is 9.99. The Hall–Kier alpha value is -0.380. The summed E-state index contributed by atoms with van der Waals surface area (Å²) in [7, 11) is 0. The van der Waals surface area contributed by atoms with Gasteiger partial charge < -0.3 is 10.5 Å². The van der Waals surface area contributed by atoms with Gasteiger partial charge in [-0.05, 0) is 43.0 Å². The van der Waals surface area contributed by atoms with E-state index in [0.29, 0.717) is 0 Å². The Kier molecular flexibility index (Phi) is 4.60. The minimum Gasteiger partial charge on any atom is -0.490 e. The monoisotopic (exact) mass is 271 g/mol. The third-order valence-electron chi connectivity index (χ3n) is 3.06. The van der Waals surface area contributed by atoms with Gasteiger partial charge in [0.1, 0.15) is 11.9 Å². The van der Waals surface area contributed by atoms with Gasteiger partial charge in [0.25, 0.3) is 0 Å². The van der Waals surface area contributed by atoms with E-state index >= 15 is 0 Å². The quantitative estimate of drug-likeness (QED) is 0.850. The Morgan fingerprint density at radius 2 is 2.35 bits per heavy atom. The lowest BCUT2D eigenvalue weighted by Crippen LogP contribution is -2.29. The van der Waals surface area contributed by atoms with E-state index in [0.717, 1.165) is 29.2 Å². The van der Waals surface area contributed by atoms with E-state index in [4.69, 9.17) is 22.1 Å². The molecule has 2 nitrogen and oxygen atoms in total. The van der Waals surface area contributed by atoms with E-state index in [9.17, 15) is 0 Å². The molecule has 0 bridgehead atoms. The van der Waals surface area contributed by atoms with E-state index in [2.05, 4.69) is 6.26 Å². The molecule has 2 rings (SSSR count). The molecular weight excluding hydrogens is 254 g/mol. The molecule has 0 amide bonds. The van der Waals surface area contributed by atoms with Crippen LogP contribution in [0.2, 0.25) is 5.02 Å². The van der Waals surface area contributed by atoms with Crippen molar-refractivity contribution < 1.29 is 4.74 Å². The minimum atomic E-state index is 0.0525. The molecule has 2 atom stereocenters. The molecule has 2 N–H and O–H groups in total. The summed E-state index contributed by atoms with van der Waals surface area (Å²) >= 11 is 7.84. The van der Waals surface area contributed by atoms with E-state index in [1.54, 1.807) is 0 Å². The average molecular weight is 272 g/mol. The third kappa shape index (κ3) is 3.30. The molecule has 1 heterocycles. The van der Waals surface area contributed by atoms with Crippen molar-refractivity contribution in [1.29, 1.82) is 0 Å². The van der Waals surface area contributed by atoms with Crippen LogP contribution < -0.4 is 10.5 Å². The van der Waals surface area contributed by atoms with Gasteiger partial charge in [-0.3, -0.25) is 0 Å². The molecule has 0 aromatic heterocycles. The van der Waals surface area contributed by atoms with Crippen LogP contribution in [0.25, 0.3) is 0 Å². The van der Waals surface area contributed by atoms with E-state index in [-0.39, 0.29) is 12.1 Å². The predicted octanol–water partition coefficient (Wildman–Crippen LogP) is 3.63. The minimum absolute atomic E-state index is 0.0525. The smallest absolute Gasteiger partial charge is 0.124 e. The molecular formula is C13H18ClNOS. The summed E-state index contributed by atoms with van der Waals surface area (Å²) in [4.78, 5) is 0. The Morgan fingerprint density at radius 1 is 1.53 bits per heavy atom. The first-order valence-corrected chi connectivity index (χ1v) is 7.68. The normalized spacial score (nSPS) is 23.0. The summed E-state index contributed by atoms with van der Waals surface area (Å²) in [6, 6.07) is 5.76. The maximum Gasteiger partial charge on any atom is 0.124 e. The van der Waals surface area contributed by atoms with Crippen molar-refractivity contribution in [2.24, 2.45) is 5.73 Å². The van der Waals surface area contributed by atoms with Crippen molar-refractivity contribution in [3.8, 4) is 5.75 Å². The highest BCUT2D eigenvalue weighted by molar-refractivity contribution is 7.98. The van der Waals surface area contributed by atoms with Crippen LogP contribution in [0.15, 0.2) is 18.2 Å². The SMILES string of the molecule is CSCCCC1C[C@H](N)c2cc(Cl)ccc2O1. The summed E-state index contributed by atoms with van der Waals surface area (Å²) in [6.07, 6.45) is 5.54. The maximum atomic E-state index is 6.17. The largest absolute Gasteiger partial charge is 0.490 e. The fourth-order valence-electron chi connectivity index (χ4n) is 2.19. The van der Waals surface area contributed by atoms with E-state index in [1.807, 2.05) is 30.0 Å². The zero-order valence-corrected chi connectivity index (χ0v) is 11.6. The van der Waals surface area contributed by atoms with Crippen molar-refractivity contribution in [2.75, 3.05) is 12.0 Å². The van der Waals surface area contributed by atoms with Gasteiger partial charge in [0.2, 0.25) is 0 Å². The maximum absolute atomic E-state index is 6.17. The number of halogens is 1. The Labute approximate surface area is 112 Å². The van der Waals surface area contributed by atoms with Crippen LogP contribution in [0.5, 0.6) is 5.75 Å². The summed E-state index contributed by atoms with van der Waals surface area (Å²) in [5.74, 6) is 2.09. The van der Waals surface area contributed by atoms with Gasteiger partial charge in [0.15, 0.2) is 0 Å². The van der Waals surface area contributed by atoms with Crippen LogP contribution in [0, 0.1) is 0 Å². The van der Waals surface area contributed by atoms with Crippen molar-refractivity contribution >= 4 is 23.4 Å². The molecule has 1 aromatic carbocycles. The molecule has 0 saturated heterocycles. The number of thioether (sulfide) groups is 1. The van der Waals surface area contributed by atoms with Crippen LogP contribution in [0.1, 0.15) is 30.9 Å². The summed E-state index contributed by atoms with van der Waals surface area (Å²) in [6.45, 7) is 0. The first-order chi connectivity index (χ1) is 8.20. The van der Waals surface area contributed by atoms with Crippen LogP contribution in [0.4, 0.5) is 0 Å². The molecule has 1 aliphatic rings. The lowest BCUT2D eigenvalue weighted by molar-refractivity contribution is 0.149. The number of benzene rings is 1. The third-order valence-corrected chi connectivity index (χ3v) is 3.99. The number of hydrogen-bond donors (Lipinski definition) is 1. The lowest BCUT2D eigenvalue weighted by Gasteiger charge is -2.30. The molecule has 0 fully saturated rings. The first-order valence-electron chi connectivity index (χ1n) is 5.91. The van der Waals surface area contributed by atoms with Gasteiger partial charge in [-0.1, -0.05) is 11.6 Å². The van der Waals surface area contributed by atoms with Crippen LogP contribution in [-0.4, -0.2) is 18.1 Å². The van der Waals surface area contributed by atoms with Crippen LogP contribution >= 0.6 is 23.4 Å². The summed E-state index contributed by atoms with van der Waals surface area (Å²) in [5, 5.41) is 0.726. The molecule has 1 unspecified atom stereocenters. The standard InChI is InChI=1S/C13H18ClNOS/c1-17-6-2-3-10-8-12(15)11-7-9(14)4-5-13(11)16-10/h4-5,7,10,12H,2-3,6,8,15H2,1H3/t10?,12-/m0/s1. The Morgan fingerprint density at radius 3 is 3.12 bits per heavy atom. The molecule has 4 heteroatoms. The second kappa shape index (κ2) is 5.98. The number of nitrogens with two attached hydrogens (primary N) is 1. The van der Waals surface area contributed by atoms with Gasteiger partial charge in [-0.25, -0.2) is 0 Å². The number of ether oxygens (including phenoxy) is 1. The molecule has 0 saturated carbocycles. The molecule has 0 spiro atoms. The Bertz CT molecular complexity index is 386. The number of hydrogen-bond acceptors (Lipinski definition) is 3. The lowest BCUT2D eigenvalue weighted by atomic mass is 9.95. The number of fused-ring (bicyclic) bond motifs is 1. The molecule has 1 aromatic rings. The van der Waals surface area contributed by atoms with E-state index in [1.165, 1.54) is 12.2 Å². The fraction of sp³-hybridized carbons (Fsp3) is 0.538. The summed E-state index contributed by atoms with van der Waals surface area (Å²) < 4.78 is 5.96. The van der Waals surface area contributed by atoms with Crippen LogP contribution in [-0.2, 0) is 0 Å². The Balaban J connectivity index is 2.03. The van der Waals surface area contributed by atoms with Gasteiger partial charge in [-0.15, -0.1) is 0 Å². The van der Waals surface area contributed by atoms with E-state index < -0.39 is 0 Å². The van der Waals surface area contributed by atoms with Crippen LogP contribution in [0.3, 0.4) is 0 Å². The van der Waals surface area contributed by atoms with Crippen molar-refractivity contribution in [1.82, 2.24) is 0 Å². The van der Waals surface area contributed by atoms with Crippen molar-refractivity contribution in [3.05, 3.63) is 28.8 Å². The zero-order chi connectivity index (χ0) is 12.3. The molecule has 0 radical (unpaired) electrons. The fourth-order valence-corrected chi connectivity index (χ4v) is 2.82. The second-order valence-corrected chi connectivity index (χ2v) is 5.82. The van der Waals surface area contributed by atoms with Gasteiger partial charge in [-0.2, -0.15) is 11.8 Å². The molecule has 94 valence electrons. The highest BCUT2D eigenvalue weighted by Gasteiger charge is 2.25. The molecule has 0 aliphatic carbocycles. The number of rotatable bonds is 4. The van der Waals surface area contributed by atoms with Crippen molar-refractivity contribution in [3.63, 3.8) is 0 Å². The topological polar surface area (TPSA) is 35.2 Å². The first kappa shape index (κ1) is 13.1. The van der Waals surface area contributed by atoms with Gasteiger partial charge in [0.05, 0.1) is 0 Å². The van der Waals surface area contributed by atoms with Gasteiger partial charge in [0, 0.05) is 23.0 Å². The molecule has 1 aliphatic heterocycles. The summed E-state index contributed by atoms with van der Waals surface area (Å²) in [5.41, 5.74) is 7.21. The predicted molar refractivity (Wildman–Crippen MR) is 75.0 cm³/mol. The van der Waals surface area contributed by atoms with Crippen molar-refractivity contribution in [2.45, 2.75) is 31.4 Å². The van der Waals surface area contributed by atoms with Gasteiger partial charge >= 0.3 is 0 Å². The molecule has 17 heavy (non-hydrogen) atoms. The highest BCUT2D eigenvalue weighted by Crippen LogP contribution is 2.36. The second-order valence-electron chi connectivity index (χ2n) is 4.40. The average Bonchev–Trinajstić information content (AvgIpc) is 2.31. The highest BCUT2D eigenvalue weighted by atomic mass is 35.5.